The molecule has 0 aliphatic rings. The summed E-state index contributed by atoms with van der Waals surface area (Å²) in [4.78, 5) is 4.16. The highest BCUT2D eigenvalue weighted by atomic mass is 32.2. The second kappa shape index (κ2) is 5.56. The van der Waals surface area contributed by atoms with Crippen LogP contribution in [0.15, 0.2) is 53.7 Å². The maximum atomic E-state index is 10.6. The van der Waals surface area contributed by atoms with Gasteiger partial charge in [-0.2, -0.15) is 0 Å². The smallest absolute Gasteiger partial charge is 0.119 e. The quantitative estimate of drug-likeness (QED) is 0.775. The Morgan fingerprint density at radius 1 is 1.12 bits per heavy atom. The molecule has 0 amide bonds. The van der Waals surface area contributed by atoms with E-state index in [9.17, 15) is 8.76 Å². The Balaban J connectivity index is 1.98. The lowest BCUT2D eigenvalue weighted by Gasteiger charge is -2.08. The molecule has 0 N–H and O–H groups in total. The molecule has 0 radical (unpaired) electrons. The first-order chi connectivity index (χ1) is 8.25. The number of pyridine rings is 1. The van der Waals surface area contributed by atoms with Crippen molar-refractivity contribution in [2.45, 2.75) is 11.5 Å². The van der Waals surface area contributed by atoms with Gasteiger partial charge in [0.05, 0.1) is 0 Å². The lowest BCUT2D eigenvalue weighted by atomic mass is 10.3. The Bertz CT molecular complexity index is 499. The molecule has 0 saturated heterocycles. The van der Waals surface area contributed by atoms with Crippen molar-refractivity contribution < 1.29 is 13.5 Å². The molecule has 1 aromatic carbocycles. The van der Waals surface area contributed by atoms with Crippen LogP contribution in [-0.4, -0.2) is 13.7 Å². The summed E-state index contributed by atoms with van der Waals surface area (Å²) in [6, 6.07) is 10.00. The summed E-state index contributed by atoms with van der Waals surface area (Å²) in [5.41, 5.74) is 1.01. The Morgan fingerprint density at radius 2 is 1.76 bits per heavy atom. The zero-order valence-corrected chi connectivity index (χ0v) is 9.72. The van der Waals surface area contributed by atoms with Crippen molar-refractivity contribution in [2.24, 2.45) is 0 Å². The molecule has 17 heavy (non-hydrogen) atoms. The summed E-state index contributed by atoms with van der Waals surface area (Å²) in [6.07, 6.45) is 3.39. The Hall–Kier alpha value is -1.72. The van der Waals surface area contributed by atoms with Gasteiger partial charge in [0, 0.05) is 17.3 Å². The molecule has 1 aromatic heterocycles. The third kappa shape index (κ3) is 3.37. The first-order valence-electron chi connectivity index (χ1n) is 4.97. The summed E-state index contributed by atoms with van der Waals surface area (Å²) in [5.74, 6) is 0.635. The van der Waals surface area contributed by atoms with Gasteiger partial charge in [0.2, 0.25) is 0 Å². The fourth-order valence-electron chi connectivity index (χ4n) is 1.29. The average Bonchev–Trinajstić information content (AvgIpc) is 2.38. The molecule has 5 heteroatoms. The third-order valence-corrected chi connectivity index (χ3v) is 2.83. The maximum Gasteiger partial charge on any atom is 0.119 e. The highest BCUT2D eigenvalue weighted by molar-refractivity contribution is 7.79. The first-order valence-corrected chi connectivity index (χ1v) is 6.04. The van der Waals surface area contributed by atoms with E-state index in [2.05, 4.69) is 4.98 Å². The fraction of sp³-hybridized carbons (Fsp3) is 0.0833. The monoisotopic (exact) mass is 248 g/mol. The molecule has 2 rings (SSSR count). The minimum atomic E-state index is -2.19. The van der Waals surface area contributed by atoms with Crippen molar-refractivity contribution in [3.63, 3.8) is 0 Å². The maximum absolute atomic E-state index is 10.6. The lowest BCUT2D eigenvalue weighted by molar-refractivity contribution is 0.306. The number of benzene rings is 1. The van der Waals surface area contributed by atoms with Gasteiger partial charge in [0.1, 0.15) is 12.4 Å². The molecule has 4 nitrogen and oxygen atoms in total. The second-order valence-corrected chi connectivity index (χ2v) is 4.29. The molecular weight excluding hydrogens is 238 g/mol. The van der Waals surface area contributed by atoms with E-state index in [-0.39, 0.29) is 4.90 Å². The van der Waals surface area contributed by atoms with Crippen molar-refractivity contribution in [1.29, 1.82) is 0 Å². The van der Waals surface area contributed by atoms with Crippen LogP contribution < -0.4 is 4.74 Å². The van der Waals surface area contributed by atoms with Crippen LogP contribution in [0.25, 0.3) is 0 Å². The van der Waals surface area contributed by atoms with Crippen LogP contribution in [0.1, 0.15) is 5.56 Å². The second-order valence-electron chi connectivity index (χ2n) is 3.35. The molecule has 0 aliphatic carbocycles. The molecule has 2 aromatic rings. The molecule has 1 heterocycles. The molecule has 0 aliphatic heterocycles. The standard InChI is InChI=1S/C12H11NO3S/c14-17(15)12-3-1-11(2-4-12)16-9-10-5-7-13-8-6-10/h1-8H,9H2,(H,14,15)/p-1. The van der Waals surface area contributed by atoms with Crippen molar-refractivity contribution in [2.75, 3.05) is 0 Å². The fourth-order valence-corrected chi connectivity index (χ4v) is 1.65. The first kappa shape index (κ1) is 11.8. The van der Waals surface area contributed by atoms with Gasteiger partial charge in [-0.15, -0.1) is 0 Å². The van der Waals surface area contributed by atoms with E-state index < -0.39 is 11.1 Å². The molecule has 0 bridgehead atoms. The van der Waals surface area contributed by atoms with Crippen LogP contribution in [0.5, 0.6) is 5.75 Å². The van der Waals surface area contributed by atoms with E-state index in [1.54, 1.807) is 24.5 Å². The van der Waals surface area contributed by atoms with Gasteiger partial charge >= 0.3 is 0 Å². The normalized spacial score (nSPS) is 12.1. The van der Waals surface area contributed by atoms with Crippen LogP contribution in [0, 0.1) is 0 Å². The van der Waals surface area contributed by atoms with E-state index in [0.29, 0.717) is 12.4 Å². The number of rotatable bonds is 4. The van der Waals surface area contributed by atoms with Crippen LogP contribution in [0.2, 0.25) is 0 Å². The zero-order chi connectivity index (χ0) is 12.1. The number of ether oxygens (including phenoxy) is 1. The van der Waals surface area contributed by atoms with Crippen LogP contribution in [0.3, 0.4) is 0 Å². The van der Waals surface area contributed by atoms with Crippen LogP contribution in [-0.2, 0) is 17.7 Å². The van der Waals surface area contributed by atoms with E-state index in [1.807, 2.05) is 12.1 Å². The highest BCUT2D eigenvalue weighted by Gasteiger charge is 1.97. The SMILES string of the molecule is O=S([O-])c1ccc(OCc2ccncc2)cc1. The summed E-state index contributed by atoms with van der Waals surface area (Å²) < 4.78 is 26.8. The van der Waals surface area contributed by atoms with E-state index >= 15 is 0 Å². The number of hydrogen-bond donors (Lipinski definition) is 0. The number of aromatic nitrogens is 1. The van der Waals surface area contributed by atoms with Crippen LogP contribution in [0.4, 0.5) is 0 Å². The minimum absolute atomic E-state index is 0.251. The summed E-state index contributed by atoms with van der Waals surface area (Å²) in [6.45, 7) is 0.433. The van der Waals surface area contributed by atoms with E-state index in [4.69, 9.17) is 4.74 Å². The van der Waals surface area contributed by atoms with Gasteiger partial charge in [0.15, 0.2) is 0 Å². The summed E-state index contributed by atoms with van der Waals surface area (Å²) >= 11 is -2.19. The van der Waals surface area contributed by atoms with Gasteiger partial charge in [-0.05, 0) is 53.0 Å². The van der Waals surface area contributed by atoms with Gasteiger partial charge in [-0.25, -0.2) is 0 Å². The largest absolute Gasteiger partial charge is 0.768 e. The van der Waals surface area contributed by atoms with Gasteiger partial charge in [0.25, 0.3) is 0 Å². The molecule has 0 fully saturated rings. The highest BCUT2D eigenvalue weighted by Crippen LogP contribution is 2.15. The summed E-state index contributed by atoms with van der Waals surface area (Å²) in [7, 11) is 0. The lowest BCUT2D eigenvalue weighted by Crippen LogP contribution is -1.96. The van der Waals surface area contributed by atoms with Gasteiger partial charge < -0.3 is 9.29 Å². The van der Waals surface area contributed by atoms with Crippen molar-refractivity contribution in [1.82, 2.24) is 4.98 Å². The number of hydrogen-bond acceptors (Lipinski definition) is 4. The molecular formula is C12H10NO3S-. The minimum Gasteiger partial charge on any atom is -0.768 e. The predicted molar refractivity (Wildman–Crippen MR) is 62.2 cm³/mol. The Morgan fingerprint density at radius 3 is 2.35 bits per heavy atom. The molecule has 1 unspecified atom stereocenters. The van der Waals surface area contributed by atoms with Crippen molar-refractivity contribution in [3.05, 3.63) is 54.4 Å². The molecule has 0 saturated carbocycles. The zero-order valence-electron chi connectivity index (χ0n) is 8.91. The summed E-state index contributed by atoms with van der Waals surface area (Å²) in [5, 5.41) is 0. The number of nitrogens with zero attached hydrogens (tertiary/aromatic N) is 1. The van der Waals surface area contributed by atoms with Gasteiger partial charge in [-0.3, -0.25) is 9.19 Å². The molecule has 0 spiro atoms. The Labute approximate surface area is 102 Å². The predicted octanol–water partition coefficient (Wildman–Crippen LogP) is 1.90. The molecule has 88 valence electrons. The molecule has 1 atom stereocenters. The van der Waals surface area contributed by atoms with Crippen LogP contribution >= 0.6 is 0 Å². The van der Waals surface area contributed by atoms with E-state index in [0.717, 1.165) is 5.56 Å². The third-order valence-electron chi connectivity index (χ3n) is 2.17. The van der Waals surface area contributed by atoms with E-state index in [1.165, 1.54) is 12.1 Å². The topological polar surface area (TPSA) is 62.2 Å². The van der Waals surface area contributed by atoms with Gasteiger partial charge in [-0.1, -0.05) is 0 Å². The van der Waals surface area contributed by atoms with Crippen molar-refractivity contribution in [3.8, 4) is 5.75 Å². The average molecular weight is 248 g/mol. The Kier molecular flexibility index (Phi) is 3.85. The van der Waals surface area contributed by atoms with Crippen molar-refractivity contribution >= 4 is 11.1 Å².